The number of carbonyl (C=O) groups excluding carboxylic acids is 1. The number of carbonyl (C=O) groups is 1. The minimum absolute atomic E-state index is 0.0106. The van der Waals surface area contributed by atoms with E-state index in [-0.39, 0.29) is 13.2 Å². The van der Waals surface area contributed by atoms with Crippen molar-refractivity contribution in [3.05, 3.63) is 35.9 Å². The van der Waals surface area contributed by atoms with E-state index >= 15 is 0 Å². The highest BCUT2D eigenvalue weighted by Crippen LogP contribution is 2.37. The molecule has 0 saturated carbocycles. The van der Waals surface area contributed by atoms with Gasteiger partial charge in [0.05, 0.1) is 5.92 Å². The molecule has 1 saturated heterocycles. The molecule has 1 amide bonds. The van der Waals surface area contributed by atoms with Crippen molar-refractivity contribution in [1.82, 2.24) is 4.90 Å². The molecule has 0 aliphatic carbocycles. The van der Waals surface area contributed by atoms with E-state index in [1.165, 1.54) is 0 Å². The van der Waals surface area contributed by atoms with Crippen molar-refractivity contribution < 1.29 is 27.8 Å². The molecule has 1 aromatic carbocycles. The monoisotopic (exact) mass is 303 g/mol. The van der Waals surface area contributed by atoms with Crippen LogP contribution in [0.3, 0.4) is 0 Å². The largest absolute Gasteiger partial charge is 0.445 e. The van der Waals surface area contributed by atoms with Gasteiger partial charge in [-0.25, -0.2) is 4.79 Å². The van der Waals surface area contributed by atoms with Gasteiger partial charge in [0.2, 0.25) is 0 Å². The van der Waals surface area contributed by atoms with Crippen molar-refractivity contribution in [2.75, 3.05) is 19.7 Å². The normalized spacial score (nSPS) is 22.4. The summed E-state index contributed by atoms with van der Waals surface area (Å²) < 4.78 is 43.4. The molecule has 1 heterocycles. The number of ether oxygens (including phenoxy) is 1. The molecule has 21 heavy (non-hydrogen) atoms. The smallest absolute Gasteiger partial charge is 0.410 e. The maximum absolute atomic E-state index is 12.8. The van der Waals surface area contributed by atoms with Gasteiger partial charge >= 0.3 is 12.3 Å². The van der Waals surface area contributed by atoms with Gasteiger partial charge in [-0.3, -0.25) is 0 Å². The molecule has 1 N–H and O–H groups in total. The Morgan fingerprint density at radius 2 is 1.95 bits per heavy atom. The summed E-state index contributed by atoms with van der Waals surface area (Å²) in [6, 6.07) is 8.88. The first-order valence-electron chi connectivity index (χ1n) is 6.55. The molecule has 0 spiro atoms. The van der Waals surface area contributed by atoms with E-state index in [4.69, 9.17) is 9.84 Å². The number of hydrogen-bond acceptors (Lipinski definition) is 3. The van der Waals surface area contributed by atoms with Crippen LogP contribution < -0.4 is 0 Å². The Morgan fingerprint density at radius 1 is 1.29 bits per heavy atom. The Morgan fingerprint density at radius 3 is 2.48 bits per heavy atom. The second kappa shape index (κ2) is 6.34. The first kappa shape index (κ1) is 15.6. The Balaban J connectivity index is 1.92. The maximum atomic E-state index is 12.8. The quantitative estimate of drug-likeness (QED) is 0.933. The molecule has 1 aromatic rings. The highest BCUT2D eigenvalue weighted by molar-refractivity contribution is 5.68. The van der Waals surface area contributed by atoms with E-state index in [1.54, 1.807) is 24.3 Å². The minimum atomic E-state index is -4.43. The number of likely N-dealkylation sites (tertiary alicyclic amines) is 1. The number of nitrogens with zero attached hydrogens (tertiary/aromatic N) is 1. The lowest BCUT2D eigenvalue weighted by atomic mass is 9.97. The fraction of sp³-hybridized carbons (Fsp3) is 0.500. The van der Waals surface area contributed by atoms with Crippen LogP contribution in [0, 0.1) is 11.8 Å². The summed E-state index contributed by atoms with van der Waals surface area (Å²) in [7, 11) is 0. The van der Waals surface area contributed by atoms with Crippen LogP contribution >= 0.6 is 0 Å². The second-order valence-electron chi connectivity index (χ2n) is 5.04. The number of aliphatic hydroxyl groups excluding tert-OH is 1. The van der Waals surface area contributed by atoms with Crippen LogP contribution in [0.1, 0.15) is 5.56 Å². The average molecular weight is 303 g/mol. The lowest BCUT2D eigenvalue weighted by Crippen LogP contribution is -2.33. The summed E-state index contributed by atoms with van der Waals surface area (Å²) in [5.74, 6) is -2.69. The molecule has 0 unspecified atom stereocenters. The minimum Gasteiger partial charge on any atom is -0.445 e. The number of halogens is 3. The highest BCUT2D eigenvalue weighted by atomic mass is 19.4. The van der Waals surface area contributed by atoms with Gasteiger partial charge in [0.1, 0.15) is 6.61 Å². The second-order valence-corrected chi connectivity index (χ2v) is 5.04. The Hall–Kier alpha value is -1.76. The lowest BCUT2D eigenvalue weighted by Gasteiger charge is -2.19. The summed E-state index contributed by atoms with van der Waals surface area (Å²) in [5, 5.41) is 9.03. The predicted octanol–water partition coefficient (Wildman–Crippen LogP) is 2.43. The zero-order valence-electron chi connectivity index (χ0n) is 11.2. The van der Waals surface area contributed by atoms with Crippen LogP contribution in [-0.4, -0.2) is 42.0 Å². The molecular weight excluding hydrogens is 287 g/mol. The van der Waals surface area contributed by atoms with Crippen LogP contribution in [0.5, 0.6) is 0 Å². The molecule has 2 atom stereocenters. The third-order valence-corrected chi connectivity index (χ3v) is 3.56. The van der Waals surface area contributed by atoms with Gasteiger partial charge in [-0.1, -0.05) is 30.3 Å². The molecule has 2 rings (SSSR count). The van der Waals surface area contributed by atoms with Crippen molar-refractivity contribution in [1.29, 1.82) is 0 Å². The Kier molecular flexibility index (Phi) is 4.72. The zero-order chi connectivity index (χ0) is 15.5. The van der Waals surface area contributed by atoms with Crippen LogP contribution in [0.15, 0.2) is 30.3 Å². The van der Waals surface area contributed by atoms with Crippen molar-refractivity contribution in [3.8, 4) is 0 Å². The van der Waals surface area contributed by atoms with Crippen molar-refractivity contribution in [2.45, 2.75) is 12.8 Å². The van der Waals surface area contributed by atoms with Gasteiger partial charge in [0, 0.05) is 25.6 Å². The van der Waals surface area contributed by atoms with Crippen molar-refractivity contribution >= 4 is 6.09 Å². The summed E-state index contributed by atoms with van der Waals surface area (Å²) in [6.45, 7) is -1.21. The standard InChI is InChI=1S/C14H16F3NO3/c15-14(16,17)12-7-18(6-11(12)8-19)13(20)21-9-10-4-2-1-3-5-10/h1-5,11-12,19H,6-9H2/t11-,12+/m1/s1. The number of aliphatic hydroxyl groups is 1. The predicted molar refractivity (Wildman–Crippen MR) is 68.3 cm³/mol. The van der Waals surface area contributed by atoms with E-state index in [0.29, 0.717) is 0 Å². The van der Waals surface area contributed by atoms with Crippen LogP contribution in [-0.2, 0) is 11.3 Å². The molecule has 1 aliphatic rings. The van der Waals surface area contributed by atoms with Crippen LogP contribution in [0.4, 0.5) is 18.0 Å². The van der Waals surface area contributed by atoms with Gasteiger partial charge in [0.25, 0.3) is 0 Å². The number of rotatable bonds is 3. The van der Waals surface area contributed by atoms with Gasteiger partial charge in [-0.2, -0.15) is 13.2 Å². The van der Waals surface area contributed by atoms with E-state index in [9.17, 15) is 18.0 Å². The molecule has 0 aromatic heterocycles. The number of hydrogen-bond donors (Lipinski definition) is 1. The van der Waals surface area contributed by atoms with Crippen molar-refractivity contribution in [2.24, 2.45) is 11.8 Å². The van der Waals surface area contributed by atoms with Gasteiger partial charge < -0.3 is 14.7 Å². The van der Waals surface area contributed by atoms with Gasteiger partial charge in [-0.15, -0.1) is 0 Å². The average Bonchev–Trinajstić information content (AvgIpc) is 2.90. The van der Waals surface area contributed by atoms with E-state index in [2.05, 4.69) is 0 Å². The molecule has 116 valence electrons. The molecule has 0 bridgehead atoms. The Bertz CT molecular complexity index is 478. The van der Waals surface area contributed by atoms with E-state index in [1.807, 2.05) is 6.07 Å². The number of benzene rings is 1. The van der Waals surface area contributed by atoms with Crippen LogP contribution in [0.25, 0.3) is 0 Å². The summed E-state index contributed by atoms with van der Waals surface area (Å²) in [6.07, 6.45) is -5.22. The molecule has 1 aliphatic heterocycles. The van der Waals surface area contributed by atoms with Gasteiger partial charge in [0.15, 0.2) is 0 Å². The van der Waals surface area contributed by atoms with Gasteiger partial charge in [-0.05, 0) is 5.56 Å². The zero-order valence-corrected chi connectivity index (χ0v) is 11.2. The first-order chi connectivity index (χ1) is 9.91. The lowest BCUT2D eigenvalue weighted by molar-refractivity contribution is -0.182. The molecule has 4 nitrogen and oxygen atoms in total. The van der Waals surface area contributed by atoms with E-state index < -0.39 is 37.3 Å². The molecule has 7 heteroatoms. The number of alkyl halides is 3. The number of amides is 1. The van der Waals surface area contributed by atoms with Crippen molar-refractivity contribution in [3.63, 3.8) is 0 Å². The highest BCUT2D eigenvalue weighted by Gasteiger charge is 2.50. The maximum Gasteiger partial charge on any atom is 0.410 e. The first-order valence-corrected chi connectivity index (χ1v) is 6.55. The van der Waals surface area contributed by atoms with E-state index in [0.717, 1.165) is 10.5 Å². The Labute approximate surface area is 120 Å². The SMILES string of the molecule is O=C(OCc1ccccc1)N1C[C@H](CO)[C@@H](C(F)(F)F)C1. The molecule has 1 fully saturated rings. The summed E-state index contributed by atoms with van der Waals surface area (Å²) in [5.41, 5.74) is 0.760. The summed E-state index contributed by atoms with van der Waals surface area (Å²) >= 11 is 0. The third kappa shape index (κ3) is 3.87. The van der Waals surface area contributed by atoms with Crippen LogP contribution in [0.2, 0.25) is 0 Å². The molecule has 0 radical (unpaired) electrons. The third-order valence-electron chi connectivity index (χ3n) is 3.56. The topological polar surface area (TPSA) is 49.8 Å². The summed E-state index contributed by atoms with van der Waals surface area (Å²) in [4.78, 5) is 12.8. The fourth-order valence-electron chi connectivity index (χ4n) is 2.39. The fourth-order valence-corrected chi connectivity index (χ4v) is 2.39. The molecular formula is C14H16F3NO3.